The van der Waals surface area contributed by atoms with Gasteiger partial charge in [-0.15, -0.1) is 0 Å². The van der Waals surface area contributed by atoms with E-state index in [1.54, 1.807) is 13.8 Å². The van der Waals surface area contributed by atoms with Gasteiger partial charge in [0, 0.05) is 0 Å². The van der Waals surface area contributed by atoms with Crippen molar-refractivity contribution in [2.24, 2.45) is 10.8 Å². The number of ether oxygens (including phenoxy) is 2. The second kappa shape index (κ2) is 9.86. The molecule has 0 aromatic carbocycles. The Morgan fingerprint density at radius 2 is 1.27 bits per heavy atom. The molecule has 130 valence electrons. The number of carbonyl (C=O) groups is 2. The zero-order valence-corrected chi connectivity index (χ0v) is 15.3. The van der Waals surface area contributed by atoms with Crippen LogP contribution in [0.4, 0.5) is 0 Å². The van der Waals surface area contributed by atoms with E-state index >= 15 is 0 Å². The highest BCUT2D eigenvalue weighted by atomic mass is 16.6. The second-order valence-corrected chi connectivity index (χ2v) is 7.67. The van der Waals surface area contributed by atoms with Crippen LogP contribution in [0.1, 0.15) is 80.1 Å². The quantitative estimate of drug-likeness (QED) is 0.338. The summed E-state index contributed by atoms with van der Waals surface area (Å²) in [6.45, 7) is 11.9. The molecule has 0 spiro atoms. The van der Waals surface area contributed by atoms with Crippen molar-refractivity contribution in [1.29, 1.82) is 0 Å². The molecule has 0 unspecified atom stereocenters. The van der Waals surface area contributed by atoms with E-state index in [1.165, 1.54) is 25.7 Å². The first-order chi connectivity index (χ1) is 10.1. The highest BCUT2D eigenvalue weighted by Gasteiger charge is 2.39. The van der Waals surface area contributed by atoms with E-state index in [4.69, 9.17) is 9.47 Å². The fourth-order valence-electron chi connectivity index (χ4n) is 1.77. The normalized spacial score (nSPS) is 12.1. The molecular formula is C18H34O4. The maximum absolute atomic E-state index is 12.0. The lowest BCUT2D eigenvalue weighted by Crippen LogP contribution is -2.38. The molecule has 0 radical (unpaired) electrons. The smallest absolute Gasteiger partial charge is 0.322 e. The van der Waals surface area contributed by atoms with E-state index in [2.05, 4.69) is 6.92 Å². The van der Waals surface area contributed by atoms with Gasteiger partial charge >= 0.3 is 11.9 Å². The monoisotopic (exact) mass is 314 g/mol. The van der Waals surface area contributed by atoms with E-state index in [-0.39, 0.29) is 5.41 Å². The minimum atomic E-state index is -1.24. The van der Waals surface area contributed by atoms with Crippen LogP contribution in [0.2, 0.25) is 0 Å². The van der Waals surface area contributed by atoms with Crippen molar-refractivity contribution in [2.45, 2.75) is 80.1 Å². The van der Waals surface area contributed by atoms with Crippen molar-refractivity contribution in [1.82, 2.24) is 0 Å². The third kappa shape index (κ3) is 9.06. The summed E-state index contributed by atoms with van der Waals surface area (Å²) in [6.07, 6.45) is 6.79. The lowest BCUT2D eigenvalue weighted by molar-refractivity contribution is -0.171. The number of unbranched alkanes of at least 4 members (excludes halogenated alkanes) is 5. The molecule has 0 saturated carbocycles. The standard InChI is InChI=1S/C18H34O4/c1-7-8-9-10-11-12-13-21-15(19)18(5,6)16(20)22-14-17(2,3)4/h7-14H2,1-6H3. The lowest BCUT2D eigenvalue weighted by Gasteiger charge is -2.24. The maximum atomic E-state index is 12.0. The summed E-state index contributed by atoms with van der Waals surface area (Å²) in [7, 11) is 0. The van der Waals surface area contributed by atoms with Crippen molar-refractivity contribution < 1.29 is 19.1 Å². The Kier molecular flexibility index (Phi) is 9.38. The van der Waals surface area contributed by atoms with Crippen LogP contribution in [0.25, 0.3) is 0 Å². The van der Waals surface area contributed by atoms with E-state index in [0.29, 0.717) is 13.2 Å². The summed E-state index contributed by atoms with van der Waals surface area (Å²) >= 11 is 0. The number of esters is 2. The van der Waals surface area contributed by atoms with Crippen LogP contribution in [0, 0.1) is 10.8 Å². The number of rotatable bonds is 10. The second-order valence-electron chi connectivity index (χ2n) is 7.67. The molecule has 0 aliphatic heterocycles. The molecule has 0 N–H and O–H groups in total. The summed E-state index contributed by atoms with van der Waals surface area (Å²) in [4.78, 5) is 24.1. The van der Waals surface area contributed by atoms with E-state index in [1.807, 2.05) is 20.8 Å². The first kappa shape index (κ1) is 20.9. The molecule has 0 aliphatic carbocycles. The number of hydrogen-bond donors (Lipinski definition) is 0. The van der Waals surface area contributed by atoms with Crippen LogP contribution in [0.3, 0.4) is 0 Å². The predicted octanol–water partition coefficient (Wildman–Crippen LogP) is 4.51. The molecule has 0 aromatic heterocycles. The van der Waals surface area contributed by atoms with Crippen LogP contribution in [0.15, 0.2) is 0 Å². The first-order valence-corrected chi connectivity index (χ1v) is 8.45. The van der Waals surface area contributed by atoms with Gasteiger partial charge in [-0.25, -0.2) is 0 Å². The average molecular weight is 314 g/mol. The Hall–Kier alpha value is -1.06. The van der Waals surface area contributed by atoms with E-state index in [9.17, 15) is 9.59 Å². The SMILES string of the molecule is CCCCCCCCOC(=O)C(C)(C)C(=O)OCC(C)(C)C. The maximum Gasteiger partial charge on any atom is 0.322 e. The van der Waals surface area contributed by atoms with Crippen molar-refractivity contribution >= 4 is 11.9 Å². The predicted molar refractivity (Wildman–Crippen MR) is 88.5 cm³/mol. The van der Waals surface area contributed by atoms with Gasteiger partial charge in [-0.05, 0) is 25.7 Å². The van der Waals surface area contributed by atoms with Gasteiger partial charge in [0.1, 0.15) is 0 Å². The van der Waals surface area contributed by atoms with E-state index in [0.717, 1.165) is 12.8 Å². The summed E-state index contributed by atoms with van der Waals surface area (Å²) in [6, 6.07) is 0. The zero-order chi connectivity index (χ0) is 17.2. The molecule has 0 aromatic rings. The lowest BCUT2D eigenvalue weighted by atomic mass is 9.93. The molecule has 4 heteroatoms. The summed E-state index contributed by atoms with van der Waals surface area (Å²) in [5.41, 5.74) is -1.36. The summed E-state index contributed by atoms with van der Waals surface area (Å²) in [5.74, 6) is -1.02. The van der Waals surface area contributed by atoms with Crippen LogP contribution in [0.5, 0.6) is 0 Å². The van der Waals surface area contributed by atoms with Crippen molar-refractivity contribution in [3.8, 4) is 0 Å². The van der Waals surface area contributed by atoms with Crippen molar-refractivity contribution in [3.63, 3.8) is 0 Å². The zero-order valence-electron chi connectivity index (χ0n) is 15.3. The Morgan fingerprint density at radius 1 is 0.773 bits per heavy atom. The Morgan fingerprint density at radius 3 is 1.82 bits per heavy atom. The van der Waals surface area contributed by atoms with Gasteiger partial charge in [-0.2, -0.15) is 0 Å². The van der Waals surface area contributed by atoms with Gasteiger partial charge in [-0.3, -0.25) is 9.59 Å². The molecule has 0 bridgehead atoms. The molecule has 0 heterocycles. The largest absolute Gasteiger partial charge is 0.465 e. The summed E-state index contributed by atoms with van der Waals surface area (Å²) < 4.78 is 10.5. The van der Waals surface area contributed by atoms with Crippen LogP contribution >= 0.6 is 0 Å². The third-order valence-electron chi connectivity index (χ3n) is 3.39. The molecule has 0 rings (SSSR count). The Bertz CT molecular complexity index is 339. The fourth-order valence-corrected chi connectivity index (χ4v) is 1.77. The molecule has 0 saturated heterocycles. The fraction of sp³-hybridized carbons (Fsp3) is 0.889. The number of hydrogen-bond acceptors (Lipinski definition) is 4. The molecule has 0 fully saturated rings. The van der Waals surface area contributed by atoms with Crippen LogP contribution in [-0.4, -0.2) is 25.2 Å². The summed E-state index contributed by atoms with van der Waals surface area (Å²) in [5, 5.41) is 0. The van der Waals surface area contributed by atoms with Crippen LogP contribution in [-0.2, 0) is 19.1 Å². The Balaban J connectivity index is 4.03. The van der Waals surface area contributed by atoms with Crippen molar-refractivity contribution in [2.75, 3.05) is 13.2 Å². The third-order valence-corrected chi connectivity index (χ3v) is 3.39. The van der Waals surface area contributed by atoms with Gasteiger partial charge in [-0.1, -0.05) is 59.8 Å². The molecule has 0 amide bonds. The van der Waals surface area contributed by atoms with Gasteiger partial charge < -0.3 is 9.47 Å². The minimum absolute atomic E-state index is 0.117. The topological polar surface area (TPSA) is 52.6 Å². The number of carbonyl (C=O) groups excluding carboxylic acids is 2. The molecule has 0 atom stereocenters. The minimum Gasteiger partial charge on any atom is -0.465 e. The highest BCUT2D eigenvalue weighted by Crippen LogP contribution is 2.22. The van der Waals surface area contributed by atoms with Gasteiger partial charge in [0.25, 0.3) is 0 Å². The average Bonchev–Trinajstić information content (AvgIpc) is 2.42. The molecular weight excluding hydrogens is 280 g/mol. The molecule has 4 nitrogen and oxygen atoms in total. The Labute approximate surface area is 135 Å². The van der Waals surface area contributed by atoms with Gasteiger partial charge in [0.15, 0.2) is 5.41 Å². The first-order valence-electron chi connectivity index (χ1n) is 8.45. The highest BCUT2D eigenvalue weighted by molar-refractivity contribution is 5.99. The van der Waals surface area contributed by atoms with Crippen molar-refractivity contribution in [3.05, 3.63) is 0 Å². The van der Waals surface area contributed by atoms with Gasteiger partial charge in [0.05, 0.1) is 13.2 Å². The molecule has 22 heavy (non-hydrogen) atoms. The van der Waals surface area contributed by atoms with Crippen LogP contribution < -0.4 is 0 Å². The van der Waals surface area contributed by atoms with Gasteiger partial charge in [0.2, 0.25) is 0 Å². The molecule has 0 aliphatic rings. The van der Waals surface area contributed by atoms with E-state index < -0.39 is 17.4 Å².